The molecular formula is C17H28N4O5. The van der Waals surface area contributed by atoms with Gasteiger partial charge in [-0.3, -0.25) is 19.1 Å². The fraction of sp³-hybridized carbons (Fsp3) is 0.706. The van der Waals surface area contributed by atoms with Gasteiger partial charge in [0.15, 0.2) is 0 Å². The van der Waals surface area contributed by atoms with Crippen LogP contribution in [0, 0.1) is 12.8 Å². The van der Waals surface area contributed by atoms with Crippen LogP contribution >= 0.6 is 0 Å². The van der Waals surface area contributed by atoms with Crippen LogP contribution in [-0.2, 0) is 16.1 Å². The van der Waals surface area contributed by atoms with Crippen molar-refractivity contribution in [3.05, 3.63) is 32.6 Å². The lowest BCUT2D eigenvalue weighted by molar-refractivity contribution is -0.124. The van der Waals surface area contributed by atoms with Crippen molar-refractivity contribution in [1.29, 1.82) is 0 Å². The number of aromatic nitrogens is 2. The molecule has 26 heavy (non-hydrogen) atoms. The van der Waals surface area contributed by atoms with Gasteiger partial charge in [-0.1, -0.05) is 13.8 Å². The molecule has 0 aromatic carbocycles. The molecule has 0 saturated carbocycles. The first kappa shape index (κ1) is 20.3. The topological polar surface area (TPSA) is 139 Å². The van der Waals surface area contributed by atoms with E-state index in [2.05, 4.69) is 10.3 Å². The molecule has 1 unspecified atom stereocenters. The molecule has 9 heteroatoms. The molecule has 1 amide bonds. The van der Waals surface area contributed by atoms with E-state index < -0.39 is 23.4 Å². The smallest absolute Gasteiger partial charge is 0.328 e. The third-order valence-electron chi connectivity index (χ3n) is 4.49. The van der Waals surface area contributed by atoms with Crippen molar-refractivity contribution in [1.82, 2.24) is 14.9 Å². The highest BCUT2D eigenvalue weighted by Crippen LogP contribution is 2.21. The number of nitrogens with one attached hydrogen (secondary N) is 2. The molecule has 9 nitrogen and oxygen atoms in total. The third-order valence-corrected chi connectivity index (χ3v) is 4.49. The van der Waals surface area contributed by atoms with Crippen molar-refractivity contribution in [2.75, 3.05) is 6.61 Å². The van der Waals surface area contributed by atoms with E-state index in [1.165, 1.54) is 10.8 Å². The van der Waals surface area contributed by atoms with Gasteiger partial charge in [0, 0.05) is 11.8 Å². The second-order valence-electron chi connectivity index (χ2n) is 7.29. The Hall–Kier alpha value is -1.97. The normalized spacial score (nSPS) is 24.0. The zero-order valence-corrected chi connectivity index (χ0v) is 15.4. The number of aromatic amines is 1. The summed E-state index contributed by atoms with van der Waals surface area (Å²) in [5, 5.41) is 12.4. The van der Waals surface area contributed by atoms with Crippen LogP contribution in [0.3, 0.4) is 0 Å². The van der Waals surface area contributed by atoms with E-state index in [-0.39, 0.29) is 31.2 Å². The standard InChI is InChI=1S/C17H28N4O5/c1-9(2)4-12(18)16(24)19-13-5-11(26-14(13)8-22)7-21-6-10(3)15(23)20-17(21)25/h6,9,11-14,22H,4-5,7-8,18H2,1-3H3,(H,19,24)(H,20,23,25)/t11-,12?,13+,14-/m1/s1. The van der Waals surface area contributed by atoms with E-state index in [0.717, 1.165) is 0 Å². The second kappa shape index (κ2) is 8.61. The Kier molecular flexibility index (Phi) is 6.74. The first-order chi connectivity index (χ1) is 12.2. The highest BCUT2D eigenvalue weighted by molar-refractivity contribution is 5.81. The number of aryl methyl sites for hydroxylation is 1. The molecule has 0 bridgehead atoms. The molecule has 0 aliphatic carbocycles. The largest absolute Gasteiger partial charge is 0.394 e. The van der Waals surface area contributed by atoms with Crippen LogP contribution in [0.5, 0.6) is 0 Å². The molecule has 0 radical (unpaired) electrons. The van der Waals surface area contributed by atoms with E-state index in [1.54, 1.807) is 6.92 Å². The van der Waals surface area contributed by atoms with Gasteiger partial charge in [-0.05, 0) is 25.7 Å². The molecule has 1 saturated heterocycles. The van der Waals surface area contributed by atoms with Crippen LogP contribution in [0.25, 0.3) is 0 Å². The summed E-state index contributed by atoms with van der Waals surface area (Å²) in [6.45, 7) is 5.56. The van der Waals surface area contributed by atoms with Gasteiger partial charge in [0.05, 0.1) is 31.3 Å². The van der Waals surface area contributed by atoms with Gasteiger partial charge in [0.25, 0.3) is 5.56 Å². The summed E-state index contributed by atoms with van der Waals surface area (Å²) in [6, 6.07) is -0.992. The minimum absolute atomic E-state index is 0.220. The number of H-pyrrole nitrogens is 1. The number of hydrogen-bond donors (Lipinski definition) is 4. The number of carbonyl (C=O) groups is 1. The second-order valence-corrected chi connectivity index (χ2v) is 7.29. The predicted octanol–water partition coefficient (Wildman–Crippen LogP) is -1.15. The molecule has 146 valence electrons. The average molecular weight is 368 g/mol. The lowest BCUT2D eigenvalue weighted by Gasteiger charge is -2.21. The van der Waals surface area contributed by atoms with E-state index in [0.29, 0.717) is 24.3 Å². The summed E-state index contributed by atoms with van der Waals surface area (Å²) < 4.78 is 7.12. The van der Waals surface area contributed by atoms with Gasteiger partial charge >= 0.3 is 5.69 Å². The lowest BCUT2D eigenvalue weighted by Crippen LogP contribution is -2.49. The van der Waals surface area contributed by atoms with Crippen LogP contribution in [0.2, 0.25) is 0 Å². The summed E-state index contributed by atoms with van der Waals surface area (Å²) in [7, 11) is 0. The lowest BCUT2D eigenvalue weighted by atomic mass is 10.0. The van der Waals surface area contributed by atoms with Gasteiger partial charge in [0.1, 0.15) is 6.10 Å². The van der Waals surface area contributed by atoms with Crippen molar-refractivity contribution in [3.63, 3.8) is 0 Å². The average Bonchev–Trinajstić information content (AvgIpc) is 2.93. The molecule has 0 spiro atoms. The number of hydrogen-bond acceptors (Lipinski definition) is 6. The Morgan fingerprint density at radius 2 is 2.19 bits per heavy atom. The zero-order chi connectivity index (χ0) is 19.4. The molecule has 1 fully saturated rings. The first-order valence-corrected chi connectivity index (χ1v) is 8.83. The van der Waals surface area contributed by atoms with E-state index in [9.17, 15) is 19.5 Å². The molecule has 1 aromatic heterocycles. The maximum absolute atomic E-state index is 12.2. The number of carbonyl (C=O) groups excluding carboxylic acids is 1. The van der Waals surface area contributed by atoms with Crippen molar-refractivity contribution in [2.24, 2.45) is 11.7 Å². The number of nitrogens with zero attached hydrogens (tertiary/aromatic N) is 1. The number of amides is 1. The number of aliphatic hydroxyl groups excluding tert-OH is 1. The molecule has 4 atom stereocenters. The van der Waals surface area contributed by atoms with Crippen molar-refractivity contribution in [2.45, 2.75) is 64.4 Å². The molecule has 1 aromatic rings. The van der Waals surface area contributed by atoms with Crippen molar-refractivity contribution >= 4 is 5.91 Å². The third kappa shape index (κ3) is 5.03. The highest BCUT2D eigenvalue weighted by atomic mass is 16.5. The highest BCUT2D eigenvalue weighted by Gasteiger charge is 2.36. The summed E-state index contributed by atoms with van der Waals surface area (Å²) in [4.78, 5) is 37.8. The number of rotatable bonds is 7. The van der Waals surface area contributed by atoms with Crippen molar-refractivity contribution in [3.8, 4) is 0 Å². The summed E-state index contributed by atoms with van der Waals surface area (Å²) in [6.07, 6.45) is 1.55. The number of aliphatic hydroxyl groups is 1. The van der Waals surface area contributed by atoms with Crippen LogP contribution in [-0.4, -0.2) is 51.5 Å². The Morgan fingerprint density at radius 1 is 1.50 bits per heavy atom. The first-order valence-electron chi connectivity index (χ1n) is 8.83. The van der Waals surface area contributed by atoms with Crippen LogP contribution in [0.15, 0.2) is 15.8 Å². The molecular weight excluding hydrogens is 340 g/mol. The minimum Gasteiger partial charge on any atom is -0.394 e. The molecule has 2 heterocycles. The van der Waals surface area contributed by atoms with Gasteiger partial charge in [-0.25, -0.2) is 4.79 Å². The van der Waals surface area contributed by atoms with Gasteiger partial charge < -0.3 is 20.9 Å². The fourth-order valence-corrected chi connectivity index (χ4v) is 3.15. The SMILES string of the molecule is Cc1cn(C[C@H]2C[C@H](NC(=O)C(N)CC(C)C)[C@@H](CO)O2)c(=O)[nH]c1=O. The zero-order valence-electron chi connectivity index (χ0n) is 15.4. The van der Waals surface area contributed by atoms with Crippen LogP contribution < -0.4 is 22.3 Å². The number of ether oxygens (including phenoxy) is 1. The fourth-order valence-electron chi connectivity index (χ4n) is 3.15. The number of nitrogens with two attached hydrogens (primary N) is 1. The Morgan fingerprint density at radius 3 is 2.81 bits per heavy atom. The maximum atomic E-state index is 12.2. The molecule has 1 aliphatic rings. The summed E-state index contributed by atoms with van der Waals surface area (Å²) in [5.41, 5.74) is 5.38. The van der Waals surface area contributed by atoms with Gasteiger partial charge in [0.2, 0.25) is 5.91 Å². The van der Waals surface area contributed by atoms with Gasteiger partial charge in [-0.2, -0.15) is 0 Å². The maximum Gasteiger partial charge on any atom is 0.328 e. The Bertz CT molecular complexity index is 741. The van der Waals surface area contributed by atoms with Gasteiger partial charge in [-0.15, -0.1) is 0 Å². The Labute approximate surface area is 151 Å². The molecule has 1 aliphatic heterocycles. The van der Waals surface area contributed by atoms with E-state index >= 15 is 0 Å². The van der Waals surface area contributed by atoms with Crippen LogP contribution in [0.4, 0.5) is 0 Å². The van der Waals surface area contributed by atoms with Crippen LogP contribution in [0.1, 0.15) is 32.3 Å². The monoisotopic (exact) mass is 368 g/mol. The molecule has 5 N–H and O–H groups in total. The minimum atomic E-state index is -0.613. The van der Waals surface area contributed by atoms with E-state index in [4.69, 9.17) is 10.5 Å². The van der Waals surface area contributed by atoms with Crippen molar-refractivity contribution < 1.29 is 14.6 Å². The molecule has 2 rings (SSSR count). The summed E-state index contributed by atoms with van der Waals surface area (Å²) in [5.74, 6) is 0.0239. The quantitative estimate of drug-likeness (QED) is 0.479. The van der Waals surface area contributed by atoms with E-state index in [1.807, 2.05) is 13.8 Å². The predicted molar refractivity (Wildman–Crippen MR) is 95.8 cm³/mol. The summed E-state index contributed by atoms with van der Waals surface area (Å²) >= 11 is 0. The Balaban J connectivity index is 2.02.